The van der Waals surface area contributed by atoms with Crippen molar-refractivity contribution in [3.63, 3.8) is 0 Å². The summed E-state index contributed by atoms with van der Waals surface area (Å²) in [5.74, 6) is -0.510. The first-order valence-electron chi connectivity index (χ1n) is 3.47. The van der Waals surface area contributed by atoms with Gasteiger partial charge in [-0.25, -0.2) is 9.18 Å². The van der Waals surface area contributed by atoms with Crippen molar-refractivity contribution in [3.8, 4) is 5.75 Å². The van der Waals surface area contributed by atoms with Crippen molar-refractivity contribution in [2.75, 3.05) is 12.4 Å². The molecule has 0 aliphatic heterocycles. The van der Waals surface area contributed by atoms with Crippen molar-refractivity contribution in [3.05, 3.63) is 24.0 Å². The Morgan fingerprint density at radius 1 is 1.62 bits per heavy atom. The van der Waals surface area contributed by atoms with E-state index in [1.54, 1.807) is 0 Å². The number of halogens is 1. The van der Waals surface area contributed by atoms with Gasteiger partial charge in [0.1, 0.15) is 11.4 Å². The van der Waals surface area contributed by atoms with Crippen molar-refractivity contribution < 1.29 is 19.0 Å². The lowest BCUT2D eigenvalue weighted by molar-refractivity contribution is 0.209. The van der Waals surface area contributed by atoms with Crippen molar-refractivity contribution in [2.45, 2.75) is 0 Å². The molecular formula is C8H8FNO3. The van der Waals surface area contributed by atoms with Crippen molar-refractivity contribution in [1.82, 2.24) is 0 Å². The van der Waals surface area contributed by atoms with Gasteiger partial charge >= 0.3 is 6.09 Å². The van der Waals surface area contributed by atoms with Gasteiger partial charge in [-0.05, 0) is 12.1 Å². The van der Waals surface area contributed by atoms with Crippen LogP contribution in [0.2, 0.25) is 0 Å². The van der Waals surface area contributed by atoms with Gasteiger partial charge in [0.2, 0.25) is 0 Å². The number of ether oxygens (including phenoxy) is 1. The minimum atomic E-state index is -1.33. The summed E-state index contributed by atoms with van der Waals surface area (Å²) in [5.41, 5.74) is -0.169. The van der Waals surface area contributed by atoms with E-state index in [0.717, 1.165) is 6.07 Å². The molecule has 0 fully saturated rings. The molecule has 70 valence electrons. The summed E-state index contributed by atoms with van der Waals surface area (Å²) in [6.07, 6.45) is -1.33. The molecule has 0 heterocycles. The quantitative estimate of drug-likeness (QED) is 0.740. The molecule has 0 bridgehead atoms. The second kappa shape index (κ2) is 3.75. The number of nitrogens with one attached hydrogen (secondary N) is 1. The molecule has 1 aromatic carbocycles. The van der Waals surface area contributed by atoms with Gasteiger partial charge in [-0.1, -0.05) is 6.07 Å². The van der Waals surface area contributed by atoms with E-state index in [1.165, 1.54) is 19.2 Å². The van der Waals surface area contributed by atoms with Crippen molar-refractivity contribution in [1.29, 1.82) is 0 Å². The van der Waals surface area contributed by atoms with Gasteiger partial charge in [-0.2, -0.15) is 0 Å². The Hall–Kier alpha value is -1.78. The molecule has 13 heavy (non-hydrogen) atoms. The van der Waals surface area contributed by atoms with Crippen LogP contribution in [0.4, 0.5) is 14.9 Å². The van der Waals surface area contributed by atoms with E-state index in [1.807, 2.05) is 5.32 Å². The highest BCUT2D eigenvalue weighted by Gasteiger charge is 2.10. The summed E-state index contributed by atoms with van der Waals surface area (Å²) in [7, 11) is 1.34. The Balaban J connectivity index is 3.07. The number of carbonyl (C=O) groups is 1. The summed E-state index contributed by atoms with van der Waals surface area (Å²) in [4.78, 5) is 10.3. The Morgan fingerprint density at radius 2 is 2.31 bits per heavy atom. The van der Waals surface area contributed by atoms with E-state index < -0.39 is 11.9 Å². The van der Waals surface area contributed by atoms with Crippen LogP contribution in [0, 0.1) is 5.82 Å². The molecule has 0 unspecified atom stereocenters. The fourth-order valence-corrected chi connectivity index (χ4v) is 0.903. The van der Waals surface area contributed by atoms with Crippen molar-refractivity contribution >= 4 is 11.8 Å². The largest absolute Gasteiger partial charge is 0.494 e. The lowest BCUT2D eigenvalue weighted by Gasteiger charge is -2.07. The first kappa shape index (κ1) is 9.31. The topological polar surface area (TPSA) is 58.6 Å². The third kappa shape index (κ3) is 2.08. The molecule has 4 nitrogen and oxygen atoms in total. The summed E-state index contributed by atoms with van der Waals surface area (Å²) in [5, 5.41) is 10.3. The smallest absolute Gasteiger partial charge is 0.409 e. The van der Waals surface area contributed by atoms with Gasteiger partial charge in [0, 0.05) is 0 Å². The lowest BCUT2D eigenvalue weighted by Crippen LogP contribution is -2.09. The summed E-state index contributed by atoms with van der Waals surface area (Å²) in [6, 6.07) is 4.04. The normalized spacial score (nSPS) is 9.38. The van der Waals surface area contributed by atoms with Gasteiger partial charge < -0.3 is 9.84 Å². The minimum absolute atomic E-state index is 0.155. The van der Waals surface area contributed by atoms with E-state index in [4.69, 9.17) is 9.84 Å². The molecule has 1 aromatic rings. The van der Waals surface area contributed by atoms with Crippen LogP contribution in [-0.4, -0.2) is 18.3 Å². The maximum Gasteiger partial charge on any atom is 0.409 e. The molecule has 0 spiro atoms. The monoisotopic (exact) mass is 185 g/mol. The Kier molecular flexibility index (Phi) is 2.69. The van der Waals surface area contributed by atoms with E-state index in [-0.39, 0.29) is 11.4 Å². The highest BCUT2D eigenvalue weighted by Crippen LogP contribution is 2.26. The molecule has 0 aliphatic carbocycles. The molecule has 0 aliphatic rings. The third-order valence-electron chi connectivity index (χ3n) is 1.43. The highest BCUT2D eigenvalue weighted by atomic mass is 19.1. The molecule has 0 saturated heterocycles. The second-order valence-electron chi connectivity index (χ2n) is 2.25. The van der Waals surface area contributed by atoms with Gasteiger partial charge in [-0.3, -0.25) is 5.32 Å². The molecule has 2 N–H and O–H groups in total. The number of amides is 1. The van der Waals surface area contributed by atoms with E-state index in [9.17, 15) is 9.18 Å². The van der Waals surface area contributed by atoms with Crippen LogP contribution >= 0.6 is 0 Å². The number of carboxylic acid groups (broad SMARTS) is 1. The lowest BCUT2D eigenvalue weighted by atomic mass is 10.3. The molecule has 0 radical (unpaired) electrons. The number of anilines is 1. The second-order valence-corrected chi connectivity index (χ2v) is 2.25. The molecule has 1 rings (SSSR count). The van der Waals surface area contributed by atoms with Crippen LogP contribution in [0.5, 0.6) is 5.75 Å². The fourth-order valence-electron chi connectivity index (χ4n) is 0.903. The molecular weight excluding hydrogens is 177 g/mol. The Labute approximate surface area is 73.9 Å². The highest BCUT2D eigenvalue weighted by molar-refractivity contribution is 5.85. The predicted molar refractivity (Wildman–Crippen MR) is 44.6 cm³/mol. The third-order valence-corrected chi connectivity index (χ3v) is 1.43. The van der Waals surface area contributed by atoms with Gasteiger partial charge in [0.25, 0.3) is 0 Å². The zero-order valence-corrected chi connectivity index (χ0v) is 6.87. The molecule has 0 aromatic heterocycles. The van der Waals surface area contributed by atoms with Crippen molar-refractivity contribution in [2.24, 2.45) is 0 Å². The van der Waals surface area contributed by atoms with Gasteiger partial charge in [-0.15, -0.1) is 0 Å². The van der Waals surface area contributed by atoms with Crippen LogP contribution in [0.3, 0.4) is 0 Å². The number of hydrogen-bond donors (Lipinski definition) is 2. The van der Waals surface area contributed by atoms with E-state index in [2.05, 4.69) is 0 Å². The summed E-state index contributed by atoms with van der Waals surface area (Å²) >= 11 is 0. The van der Waals surface area contributed by atoms with Crippen LogP contribution in [0.25, 0.3) is 0 Å². The predicted octanol–water partition coefficient (Wildman–Crippen LogP) is 1.92. The van der Waals surface area contributed by atoms with Crippen LogP contribution in [0.15, 0.2) is 18.2 Å². The zero-order valence-electron chi connectivity index (χ0n) is 6.87. The van der Waals surface area contributed by atoms with E-state index >= 15 is 0 Å². The zero-order chi connectivity index (χ0) is 9.84. The molecule has 5 heteroatoms. The number of para-hydroxylation sites is 1. The average molecular weight is 185 g/mol. The molecule has 0 saturated carbocycles. The van der Waals surface area contributed by atoms with E-state index in [0.29, 0.717) is 0 Å². The fraction of sp³-hybridized carbons (Fsp3) is 0.125. The Morgan fingerprint density at radius 3 is 2.85 bits per heavy atom. The molecule has 1 amide bonds. The average Bonchev–Trinajstić information content (AvgIpc) is 2.08. The maximum absolute atomic E-state index is 13.0. The van der Waals surface area contributed by atoms with Crippen LogP contribution in [-0.2, 0) is 0 Å². The number of rotatable bonds is 2. The molecule has 0 atom stereocenters. The number of hydrogen-bond acceptors (Lipinski definition) is 2. The van der Waals surface area contributed by atoms with Gasteiger partial charge in [0.05, 0.1) is 7.11 Å². The Bertz CT molecular complexity index is 327. The van der Waals surface area contributed by atoms with Gasteiger partial charge in [0.15, 0.2) is 5.82 Å². The summed E-state index contributed by atoms with van der Waals surface area (Å²) in [6.45, 7) is 0. The minimum Gasteiger partial charge on any atom is -0.494 e. The SMILES string of the molecule is COc1cccc(F)c1NC(=O)O. The van der Waals surface area contributed by atoms with Crippen LogP contribution in [0.1, 0.15) is 0 Å². The standard InChI is InChI=1S/C8H8FNO3/c1-13-6-4-2-3-5(9)7(6)10-8(11)12/h2-4,10H,1H3,(H,11,12). The number of benzene rings is 1. The first-order chi connectivity index (χ1) is 6.15. The maximum atomic E-state index is 13.0. The number of methoxy groups -OCH3 is 1. The summed E-state index contributed by atoms with van der Waals surface area (Å²) < 4.78 is 17.8. The van der Waals surface area contributed by atoms with Crippen LogP contribution < -0.4 is 10.1 Å². The first-order valence-corrected chi connectivity index (χ1v) is 3.47.